The summed E-state index contributed by atoms with van der Waals surface area (Å²) < 4.78 is 0. The second-order valence-electron chi connectivity index (χ2n) is 4.45. The maximum absolute atomic E-state index is 12.2. The van der Waals surface area contributed by atoms with Crippen LogP contribution in [-0.2, 0) is 0 Å². The zero-order chi connectivity index (χ0) is 13.0. The average molecular weight is 230 g/mol. The lowest BCUT2D eigenvalue weighted by Crippen LogP contribution is -2.35. The minimum atomic E-state index is -0.0618. The zero-order valence-electron chi connectivity index (χ0n) is 10.8. The van der Waals surface area contributed by atoms with Crippen molar-refractivity contribution in [2.45, 2.75) is 33.2 Å². The fourth-order valence-electron chi connectivity index (χ4n) is 1.71. The molecule has 0 saturated carbocycles. The number of nitrogens with zero attached hydrogens (tertiary/aromatic N) is 2. The third-order valence-corrected chi connectivity index (χ3v) is 2.98. The zero-order valence-corrected chi connectivity index (χ0v) is 10.8. The first kappa shape index (κ1) is 13.2. The van der Waals surface area contributed by atoms with Crippen LogP contribution in [0.4, 0.5) is 0 Å². The molecule has 0 spiro atoms. The Balaban J connectivity index is 2.93. The summed E-state index contributed by atoms with van der Waals surface area (Å²) in [6, 6.07) is 7.80. The van der Waals surface area contributed by atoms with Crippen LogP contribution in [0.1, 0.15) is 34.8 Å². The number of hydrogen-bond acceptors (Lipinski definition) is 2. The maximum atomic E-state index is 12.2. The highest BCUT2D eigenvalue weighted by Gasteiger charge is 2.18. The van der Waals surface area contributed by atoms with Crippen LogP contribution in [0.2, 0.25) is 0 Å². The molecule has 0 radical (unpaired) electrons. The van der Waals surface area contributed by atoms with Crippen LogP contribution in [0.5, 0.6) is 0 Å². The van der Waals surface area contributed by atoms with Gasteiger partial charge in [0.15, 0.2) is 0 Å². The van der Waals surface area contributed by atoms with Crippen molar-refractivity contribution in [3.63, 3.8) is 0 Å². The van der Waals surface area contributed by atoms with Crippen molar-refractivity contribution >= 4 is 5.91 Å². The van der Waals surface area contributed by atoms with Crippen molar-refractivity contribution in [1.29, 1.82) is 5.26 Å². The Morgan fingerprint density at radius 2 is 2.12 bits per heavy atom. The Bertz CT molecular complexity index is 460. The number of aryl methyl sites for hydroxylation is 2. The Morgan fingerprint density at radius 3 is 2.65 bits per heavy atom. The third-order valence-electron chi connectivity index (χ3n) is 2.98. The highest BCUT2D eigenvalue weighted by molar-refractivity contribution is 5.95. The van der Waals surface area contributed by atoms with Gasteiger partial charge in [-0.15, -0.1) is 0 Å². The normalized spacial score (nSPS) is 11.7. The van der Waals surface area contributed by atoms with Crippen LogP contribution in [0.3, 0.4) is 0 Å². The van der Waals surface area contributed by atoms with Crippen LogP contribution in [0.15, 0.2) is 18.2 Å². The Hall–Kier alpha value is -1.82. The third kappa shape index (κ3) is 3.07. The highest BCUT2D eigenvalue weighted by atomic mass is 16.2. The molecule has 0 bridgehead atoms. The molecule has 0 aromatic heterocycles. The van der Waals surface area contributed by atoms with Crippen LogP contribution in [0.25, 0.3) is 0 Å². The SMILES string of the molecule is Cc1ccc(C(=O)N(C)C(C)CC#N)c(C)c1. The molecule has 3 nitrogen and oxygen atoms in total. The summed E-state index contributed by atoms with van der Waals surface area (Å²) in [6.07, 6.45) is 0.354. The van der Waals surface area contributed by atoms with Crippen LogP contribution < -0.4 is 0 Å². The summed E-state index contributed by atoms with van der Waals surface area (Å²) >= 11 is 0. The van der Waals surface area contributed by atoms with E-state index in [1.807, 2.05) is 39.0 Å². The van der Waals surface area contributed by atoms with Gasteiger partial charge in [0.1, 0.15) is 0 Å². The van der Waals surface area contributed by atoms with E-state index in [1.54, 1.807) is 11.9 Å². The van der Waals surface area contributed by atoms with E-state index in [1.165, 1.54) is 0 Å². The van der Waals surface area contributed by atoms with Crippen molar-refractivity contribution in [1.82, 2.24) is 4.90 Å². The Labute approximate surface area is 103 Å². The molecule has 1 aromatic rings. The fourth-order valence-corrected chi connectivity index (χ4v) is 1.71. The van der Waals surface area contributed by atoms with Crippen molar-refractivity contribution in [3.05, 3.63) is 34.9 Å². The van der Waals surface area contributed by atoms with E-state index in [9.17, 15) is 4.79 Å². The van der Waals surface area contributed by atoms with Gasteiger partial charge in [0.2, 0.25) is 0 Å². The van der Waals surface area contributed by atoms with Gasteiger partial charge in [-0.1, -0.05) is 17.7 Å². The average Bonchev–Trinajstić information content (AvgIpc) is 2.27. The smallest absolute Gasteiger partial charge is 0.254 e. The maximum Gasteiger partial charge on any atom is 0.254 e. The summed E-state index contributed by atoms with van der Waals surface area (Å²) in [5.74, 6) is -0.0229. The molecule has 1 rings (SSSR count). The molecule has 0 aliphatic rings. The van der Waals surface area contributed by atoms with E-state index in [0.29, 0.717) is 12.0 Å². The molecule has 1 amide bonds. The summed E-state index contributed by atoms with van der Waals surface area (Å²) in [5.41, 5.74) is 2.83. The molecule has 1 aromatic carbocycles. The number of carbonyl (C=O) groups is 1. The monoisotopic (exact) mass is 230 g/mol. The molecule has 0 aliphatic heterocycles. The van der Waals surface area contributed by atoms with Crippen molar-refractivity contribution in [2.75, 3.05) is 7.05 Å². The van der Waals surface area contributed by atoms with Crippen LogP contribution in [-0.4, -0.2) is 23.9 Å². The minimum Gasteiger partial charge on any atom is -0.338 e. The summed E-state index contributed by atoms with van der Waals surface area (Å²) in [4.78, 5) is 13.8. The van der Waals surface area contributed by atoms with E-state index in [2.05, 4.69) is 6.07 Å². The molecule has 90 valence electrons. The first-order valence-electron chi connectivity index (χ1n) is 5.68. The molecule has 3 heteroatoms. The predicted molar refractivity (Wildman–Crippen MR) is 67.7 cm³/mol. The van der Waals surface area contributed by atoms with Crippen molar-refractivity contribution in [3.8, 4) is 6.07 Å². The van der Waals surface area contributed by atoms with E-state index in [0.717, 1.165) is 11.1 Å². The standard InChI is InChI=1S/C14H18N2O/c1-10-5-6-13(11(2)9-10)14(17)16(4)12(3)7-8-15/h5-6,9,12H,7H2,1-4H3. The van der Waals surface area contributed by atoms with Gasteiger partial charge in [0.05, 0.1) is 12.5 Å². The summed E-state index contributed by atoms with van der Waals surface area (Å²) in [6.45, 7) is 5.82. The van der Waals surface area contributed by atoms with Gasteiger partial charge in [-0.3, -0.25) is 4.79 Å². The topological polar surface area (TPSA) is 44.1 Å². The highest BCUT2D eigenvalue weighted by Crippen LogP contribution is 2.14. The van der Waals surface area contributed by atoms with Crippen molar-refractivity contribution in [2.24, 2.45) is 0 Å². The molecular formula is C14H18N2O. The van der Waals surface area contributed by atoms with Gasteiger partial charge in [-0.05, 0) is 32.4 Å². The number of benzene rings is 1. The van der Waals surface area contributed by atoms with Gasteiger partial charge >= 0.3 is 0 Å². The van der Waals surface area contributed by atoms with Gasteiger partial charge in [0.25, 0.3) is 5.91 Å². The van der Waals surface area contributed by atoms with Gasteiger partial charge in [-0.2, -0.15) is 5.26 Å². The fraction of sp³-hybridized carbons (Fsp3) is 0.429. The predicted octanol–water partition coefficient (Wildman–Crippen LogP) is 2.68. The molecule has 0 heterocycles. The second kappa shape index (κ2) is 5.49. The van der Waals surface area contributed by atoms with Crippen molar-refractivity contribution < 1.29 is 4.79 Å². The van der Waals surface area contributed by atoms with E-state index < -0.39 is 0 Å². The number of nitriles is 1. The lowest BCUT2D eigenvalue weighted by Gasteiger charge is -2.23. The second-order valence-corrected chi connectivity index (χ2v) is 4.45. The van der Waals surface area contributed by atoms with E-state index in [4.69, 9.17) is 5.26 Å². The van der Waals surface area contributed by atoms with Crippen LogP contribution >= 0.6 is 0 Å². The first-order chi connectivity index (χ1) is 7.97. The van der Waals surface area contributed by atoms with E-state index >= 15 is 0 Å². The quantitative estimate of drug-likeness (QED) is 0.801. The van der Waals surface area contributed by atoms with Crippen LogP contribution in [0, 0.1) is 25.2 Å². The summed E-state index contributed by atoms with van der Waals surface area (Å²) in [7, 11) is 1.74. The molecule has 0 aliphatic carbocycles. The van der Waals surface area contributed by atoms with Gasteiger partial charge in [0, 0.05) is 18.7 Å². The molecule has 1 unspecified atom stereocenters. The molecule has 0 saturated heterocycles. The number of rotatable bonds is 3. The molecular weight excluding hydrogens is 212 g/mol. The summed E-state index contributed by atoms with van der Waals surface area (Å²) in [5, 5.41) is 8.64. The number of amides is 1. The first-order valence-corrected chi connectivity index (χ1v) is 5.68. The Morgan fingerprint density at radius 1 is 1.47 bits per heavy atom. The molecule has 1 atom stereocenters. The van der Waals surface area contributed by atoms with Gasteiger partial charge in [-0.25, -0.2) is 0 Å². The largest absolute Gasteiger partial charge is 0.338 e. The molecule has 17 heavy (non-hydrogen) atoms. The Kier molecular flexibility index (Phi) is 4.28. The van der Waals surface area contributed by atoms with E-state index in [-0.39, 0.29) is 11.9 Å². The van der Waals surface area contributed by atoms with Gasteiger partial charge < -0.3 is 4.90 Å². The lowest BCUT2D eigenvalue weighted by atomic mass is 10.0. The number of hydrogen-bond donors (Lipinski definition) is 0. The minimum absolute atomic E-state index is 0.0229. The molecule has 0 N–H and O–H groups in total. The number of carbonyl (C=O) groups excluding carboxylic acids is 1. The lowest BCUT2D eigenvalue weighted by molar-refractivity contribution is 0.0745. The molecule has 0 fully saturated rings.